The summed E-state index contributed by atoms with van der Waals surface area (Å²) in [6.07, 6.45) is 1.51. The third kappa shape index (κ3) is 3.96. The maximum absolute atomic E-state index is 13.0. The van der Waals surface area contributed by atoms with Crippen molar-refractivity contribution in [3.8, 4) is 11.5 Å². The van der Waals surface area contributed by atoms with E-state index >= 15 is 0 Å². The van der Waals surface area contributed by atoms with Crippen molar-refractivity contribution >= 4 is 28.4 Å². The van der Waals surface area contributed by atoms with Crippen LogP contribution in [0.4, 0.5) is 5.69 Å². The van der Waals surface area contributed by atoms with Gasteiger partial charge in [0, 0.05) is 30.1 Å². The first-order valence-electron chi connectivity index (χ1n) is 9.99. The van der Waals surface area contributed by atoms with Gasteiger partial charge in [0.25, 0.3) is 5.91 Å². The Morgan fingerprint density at radius 1 is 1.10 bits per heavy atom. The molecule has 4 rings (SSSR count). The summed E-state index contributed by atoms with van der Waals surface area (Å²) in [4.78, 5) is 30.9. The molecule has 0 saturated carbocycles. The number of hydrogen-bond donors (Lipinski definition) is 2. The van der Waals surface area contributed by atoms with Crippen LogP contribution in [0, 0.1) is 5.92 Å². The van der Waals surface area contributed by atoms with E-state index in [4.69, 9.17) is 9.47 Å². The number of ether oxygens (including phenoxy) is 2. The largest absolute Gasteiger partial charge is 0.497 e. The Morgan fingerprint density at radius 2 is 1.93 bits per heavy atom. The average Bonchev–Trinajstić information content (AvgIpc) is 3.23. The monoisotopic (exact) mass is 407 g/mol. The molecule has 2 amide bonds. The maximum Gasteiger partial charge on any atom is 0.270 e. The van der Waals surface area contributed by atoms with Gasteiger partial charge in [-0.25, -0.2) is 0 Å². The maximum atomic E-state index is 13.0. The van der Waals surface area contributed by atoms with Crippen LogP contribution in [0.15, 0.2) is 48.5 Å². The van der Waals surface area contributed by atoms with Gasteiger partial charge >= 0.3 is 0 Å². The van der Waals surface area contributed by atoms with E-state index in [0.717, 1.165) is 23.7 Å². The van der Waals surface area contributed by atoms with Crippen molar-refractivity contribution < 1.29 is 19.1 Å². The number of para-hydroxylation sites is 1. The number of piperidine rings is 1. The van der Waals surface area contributed by atoms with Gasteiger partial charge in [-0.15, -0.1) is 0 Å². The lowest BCUT2D eigenvalue weighted by Gasteiger charge is -2.32. The number of benzene rings is 2. The van der Waals surface area contributed by atoms with Crippen LogP contribution in [0.25, 0.3) is 10.9 Å². The van der Waals surface area contributed by atoms with E-state index in [9.17, 15) is 9.59 Å². The third-order valence-corrected chi connectivity index (χ3v) is 5.50. The normalized spacial score (nSPS) is 16.3. The third-order valence-electron chi connectivity index (χ3n) is 5.50. The molecular weight excluding hydrogens is 382 g/mol. The Kier molecular flexibility index (Phi) is 5.61. The summed E-state index contributed by atoms with van der Waals surface area (Å²) in [5, 5.41) is 3.93. The number of likely N-dealkylation sites (tertiary alicyclic amines) is 1. The second-order valence-corrected chi connectivity index (χ2v) is 7.42. The first-order valence-corrected chi connectivity index (χ1v) is 9.99. The number of carbonyl (C=O) groups is 2. The quantitative estimate of drug-likeness (QED) is 0.676. The number of nitrogens with one attached hydrogen (secondary N) is 2. The van der Waals surface area contributed by atoms with E-state index in [-0.39, 0.29) is 17.7 Å². The number of methoxy groups -OCH3 is 2. The number of hydrogen-bond acceptors (Lipinski definition) is 4. The fourth-order valence-corrected chi connectivity index (χ4v) is 3.88. The van der Waals surface area contributed by atoms with Gasteiger partial charge in [0.2, 0.25) is 5.91 Å². The summed E-state index contributed by atoms with van der Waals surface area (Å²) in [6, 6.07) is 14.9. The Balaban J connectivity index is 1.47. The number of nitrogens with zero attached hydrogens (tertiary/aromatic N) is 1. The minimum Gasteiger partial charge on any atom is -0.497 e. The topological polar surface area (TPSA) is 83.7 Å². The van der Waals surface area contributed by atoms with Crippen molar-refractivity contribution in [3.63, 3.8) is 0 Å². The van der Waals surface area contributed by atoms with Crippen molar-refractivity contribution in [1.29, 1.82) is 0 Å². The summed E-state index contributed by atoms with van der Waals surface area (Å²) in [7, 11) is 3.13. The van der Waals surface area contributed by atoms with Gasteiger partial charge in [0.05, 0.1) is 25.8 Å². The Morgan fingerprint density at radius 3 is 2.70 bits per heavy atom. The van der Waals surface area contributed by atoms with Crippen LogP contribution in [0.5, 0.6) is 11.5 Å². The lowest BCUT2D eigenvalue weighted by atomic mass is 9.96. The highest BCUT2D eigenvalue weighted by molar-refractivity contribution is 5.99. The molecule has 7 nitrogen and oxygen atoms in total. The fraction of sp³-hybridized carbons (Fsp3) is 0.304. The number of aromatic amines is 1. The molecule has 1 fully saturated rings. The minimum atomic E-state index is -0.289. The van der Waals surface area contributed by atoms with Crippen LogP contribution < -0.4 is 14.8 Å². The lowest BCUT2D eigenvalue weighted by molar-refractivity contribution is -0.121. The van der Waals surface area contributed by atoms with Gasteiger partial charge < -0.3 is 24.7 Å². The standard InChI is InChI=1S/C23H25N3O4/c1-29-17-9-10-21(30-2)19(13-17)25-22(27)16-7-5-11-26(14-16)23(28)20-12-15-6-3-4-8-18(15)24-20/h3-4,6,8-10,12-13,16,24H,5,7,11,14H2,1-2H3,(H,25,27). The molecule has 3 aromatic rings. The van der Waals surface area contributed by atoms with Crippen LogP contribution in [0.3, 0.4) is 0 Å². The molecule has 1 unspecified atom stereocenters. The van der Waals surface area contributed by atoms with E-state index in [1.807, 2.05) is 30.3 Å². The van der Waals surface area contributed by atoms with Crippen molar-refractivity contribution in [2.75, 3.05) is 32.6 Å². The summed E-state index contributed by atoms with van der Waals surface area (Å²) >= 11 is 0. The van der Waals surface area contributed by atoms with Crippen molar-refractivity contribution in [2.24, 2.45) is 5.92 Å². The van der Waals surface area contributed by atoms with E-state index in [1.54, 1.807) is 37.3 Å². The zero-order chi connectivity index (χ0) is 21.1. The van der Waals surface area contributed by atoms with E-state index in [1.165, 1.54) is 0 Å². The molecule has 2 heterocycles. The zero-order valence-corrected chi connectivity index (χ0v) is 17.1. The predicted molar refractivity (Wildman–Crippen MR) is 115 cm³/mol. The van der Waals surface area contributed by atoms with Crippen LogP contribution in [-0.2, 0) is 4.79 Å². The molecule has 0 bridgehead atoms. The molecule has 1 saturated heterocycles. The van der Waals surface area contributed by atoms with E-state index in [2.05, 4.69) is 10.3 Å². The molecule has 1 aromatic heterocycles. The molecule has 2 aromatic carbocycles. The number of aromatic nitrogens is 1. The number of rotatable bonds is 5. The van der Waals surface area contributed by atoms with Gasteiger partial charge in [-0.05, 0) is 37.1 Å². The Labute approximate surface area is 175 Å². The first kappa shape index (κ1) is 19.8. The van der Waals surface area contributed by atoms with E-state index < -0.39 is 0 Å². The van der Waals surface area contributed by atoms with Gasteiger partial charge in [-0.3, -0.25) is 9.59 Å². The molecule has 1 atom stereocenters. The molecule has 30 heavy (non-hydrogen) atoms. The van der Waals surface area contributed by atoms with Crippen LogP contribution in [-0.4, -0.2) is 49.0 Å². The Hall–Kier alpha value is -3.48. The number of anilines is 1. The first-order chi connectivity index (χ1) is 14.6. The van der Waals surface area contributed by atoms with Crippen LogP contribution >= 0.6 is 0 Å². The summed E-state index contributed by atoms with van der Waals surface area (Å²) < 4.78 is 10.6. The number of carbonyl (C=O) groups excluding carboxylic acids is 2. The molecule has 1 aliphatic rings. The predicted octanol–water partition coefficient (Wildman–Crippen LogP) is 3.68. The van der Waals surface area contributed by atoms with Crippen molar-refractivity contribution in [3.05, 3.63) is 54.2 Å². The average molecular weight is 407 g/mol. The molecule has 156 valence electrons. The molecule has 0 radical (unpaired) electrons. The second-order valence-electron chi connectivity index (χ2n) is 7.42. The number of amides is 2. The van der Waals surface area contributed by atoms with Gasteiger partial charge in [-0.1, -0.05) is 18.2 Å². The Bertz CT molecular complexity index is 1040. The minimum absolute atomic E-state index is 0.0809. The fourth-order valence-electron chi connectivity index (χ4n) is 3.88. The van der Waals surface area contributed by atoms with Gasteiger partial charge in [-0.2, -0.15) is 0 Å². The second kappa shape index (κ2) is 8.49. The molecule has 2 N–H and O–H groups in total. The lowest BCUT2D eigenvalue weighted by Crippen LogP contribution is -2.43. The SMILES string of the molecule is COc1ccc(OC)c(NC(=O)C2CCCN(C(=O)c3cc4ccccc4[nH]3)C2)c1. The molecule has 0 spiro atoms. The summed E-state index contributed by atoms with van der Waals surface area (Å²) in [5.41, 5.74) is 2.03. The van der Waals surface area contributed by atoms with Gasteiger partial charge in [0.1, 0.15) is 17.2 Å². The van der Waals surface area contributed by atoms with Crippen molar-refractivity contribution in [2.45, 2.75) is 12.8 Å². The number of H-pyrrole nitrogens is 1. The highest BCUT2D eigenvalue weighted by atomic mass is 16.5. The summed E-state index contributed by atoms with van der Waals surface area (Å²) in [5.74, 6) is 0.692. The highest BCUT2D eigenvalue weighted by Crippen LogP contribution is 2.30. The smallest absolute Gasteiger partial charge is 0.270 e. The highest BCUT2D eigenvalue weighted by Gasteiger charge is 2.30. The van der Waals surface area contributed by atoms with Crippen LogP contribution in [0.1, 0.15) is 23.3 Å². The van der Waals surface area contributed by atoms with E-state index in [0.29, 0.717) is 36.0 Å². The molecule has 0 aliphatic carbocycles. The zero-order valence-electron chi connectivity index (χ0n) is 17.1. The molecular formula is C23H25N3O4. The van der Waals surface area contributed by atoms with Crippen molar-refractivity contribution in [1.82, 2.24) is 9.88 Å². The number of fused-ring (bicyclic) bond motifs is 1. The molecule has 1 aliphatic heterocycles. The van der Waals surface area contributed by atoms with Gasteiger partial charge in [0.15, 0.2) is 0 Å². The summed E-state index contributed by atoms with van der Waals surface area (Å²) in [6.45, 7) is 1.02. The van der Waals surface area contributed by atoms with Crippen LogP contribution in [0.2, 0.25) is 0 Å². The molecule has 7 heteroatoms.